The molecule has 0 amide bonds. The molecule has 0 saturated heterocycles. The zero-order valence-corrected chi connectivity index (χ0v) is 10.6. The third kappa shape index (κ3) is 2.25. The Morgan fingerprint density at radius 2 is 1.79 bits per heavy atom. The second kappa shape index (κ2) is 4.52. The molecule has 0 aliphatic carbocycles. The molecule has 2 N–H and O–H groups in total. The Labute approximate surface area is 110 Å². The van der Waals surface area contributed by atoms with Gasteiger partial charge < -0.3 is 10.2 Å². The zero-order valence-electron chi connectivity index (χ0n) is 10.6. The van der Waals surface area contributed by atoms with Crippen molar-refractivity contribution < 1.29 is 8.81 Å². The Morgan fingerprint density at radius 1 is 1.05 bits per heavy atom. The quantitative estimate of drug-likeness (QED) is 0.753. The lowest BCUT2D eigenvalue weighted by Gasteiger charge is -2.08. The fourth-order valence-corrected chi connectivity index (χ4v) is 2.13. The second-order valence-electron chi connectivity index (χ2n) is 4.72. The molecule has 0 aliphatic rings. The van der Waals surface area contributed by atoms with E-state index in [0.717, 1.165) is 10.9 Å². The highest BCUT2D eigenvalue weighted by atomic mass is 19.1. The van der Waals surface area contributed by atoms with Gasteiger partial charge in [0.05, 0.1) is 6.04 Å². The molecule has 2 nitrogen and oxygen atoms in total. The highest BCUT2D eigenvalue weighted by Gasteiger charge is 2.14. The van der Waals surface area contributed by atoms with Crippen molar-refractivity contribution in [3.8, 4) is 0 Å². The molecule has 3 heteroatoms. The van der Waals surface area contributed by atoms with E-state index in [2.05, 4.69) is 0 Å². The Balaban J connectivity index is 2.01. The van der Waals surface area contributed by atoms with Crippen LogP contribution in [0.25, 0.3) is 11.0 Å². The third-order valence-corrected chi connectivity index (χ3v) is 3.24. The van der Waals surface area contributed by atoms with Gasteiger partial charge in [0, 0.05) is 5.39 Å². The van der Waals surface area contributed by atoms with Crippen molar-refractivity contribution in [2.24, 2.45) is 5.73 Å². The van der Waals surface area contributed by atoms with E-state index in [-0.39, 0.29) is 11.9 Å². The summed E-state index contributed by atoms with van der Waals surface area (Å²) in [6.07, 6.45) is 0. The monoisotopic (exact) mass is 255 g/mol. The fourth-order valence-electron chi connectivity index (χ4n) is 2.13. The van der Waals surface area contributed by atoms with Crippen LogP contribution in [0.15, 0.2) is 52.9 Å². The van der Waals surface area contributed by atoms with Crippen LogP contribution in [-0.4, -0.2) is 0 Å². The van der Waals surface area contributed by atoms with Crippen molar-refractivity contribution in [3.63, 3.8) is 0 Å². The minimum Gasteiger partial charge on any atom is -0.459 e. The molecular weight excluding hydrogens is 241 g/mol. The number of benzene rings is 2. The van der Waals surface area contributed by atoms with Crippen molar-refractivity contribution in [2.75, 3.05) is 0 Å². The summed E-state index contributed by atoms with van der Waals surface area (Å²) < 4.78 is 18.8. The van der Waals surface area contributed by atoms with E-state index in [1.54, 1.807) is 12.1 Å². The zero-order chi connectivity index (χ0) is 13.4. The van der Waals surface area contributed by atoms with Gasteiger partial charge in [-0.3, -0.25) is 0 Å². The van der Waals surface area contributed by atoms with Gasteiger partial charge in [-0.25, -0.2) is 4.39 Å². The summed E-state index contributed by atoms with van der Waals surface area (Å²) in [5.41, 5.74) is 8.99. The van der Waals surface area contributed by atoms with Crippen molar-refractivity contribution in [1.29, 1.82) is 0 Å². The maximum atomic E-state index is 13.1. The average Bonchev–Trinajstić information content (AvgIpc) is 2.81. The van der Waals surface area contributed by atoms with Gasteiger partial charge in [-0.15, -0.1) is 0 Å². The summed E-state index contributed by atoms with van der Waals surface area (Å²) in [6, 6.07) is 13.9. The molecule has 19 heavy (non-hydrogen) atoms. The van der Waals surface area contributed by atoms with Gasteiger partial charge in [0.1, 0.15) is 17.2 Å². The average molecular weight is 255 g/mol. The SMILES string of the molecule is Cc1ccc(C(N)c2cc3cc(F)ccc3o2)cc1. The van der Waals surface area contributed by atoms with Crippen molar-refractivity contribution in [3.05, 3.63) is 71.2 Å². The topological polar surface area (TPSA) is 39.2 Å². The molecule has 1 unspecified atom stereocenters. The van der Waals surface area contributed by atoms with Crippen molar-refractivity contribution >= 4 is 11.0 Å². The normalized spacial score (nSPS) is 12.8. The van der Waals surface area contributed by atoms with E-state index >= 15 is 0 Å². The van der Waals surface area contributed by atoms with E-state index in [0.29, 0.717) is 11.3 Å². The van der Waals surface area contributed by atoms with Crippen LogP contribution in [0.1, 0.15) is 22.9 Å². The number of nitrogens with two attached hydrogens (primary N) is 1. The van der Waals surface area contributed by atoms with Crippen molar-refractivity contribution in [2.45, 2.75) is 13.0 Å². The molecule has 3 aromatic rings. The standard InChI is InChI=1S/C16H14FNO/c1-10-2-4-11(5-3-10)16(18)15-9-12-8-13(17)6-7-14(12)19-15/h2-9,16H,18H2,1H3. The number of halogens is 1. The minimum absolute atomic E-state index is 0.274. The number of aryl methyl sites for hydroxylation is 1. The molecule has 0 spiro atoms. The first-order chi connectivity index (χ1) is 9.13. The predicted molar refractivity (Wildman–Crippen MR) is 73.4 cm³/mol. The highest BCUT2D eigenvalue weighted by molar-refractivity contribution is 5.78. The summed E-state index contributed by atoms with van der Waals surface area (Å²) in [6.45, 7) is 2.03. The first-order valence-electron chi connectivity index (χ1n) is 6.14. The lowest BCUT2D eigenvalue weighted by molar-refractivity contribution is 0.524. The molecule has 0 aliphatic heterocycles. The molecule has 1 atom stereocenters. The van der Waals surface area contributed by atoms with Crippen LogP contribution >= 0.6 is 0 Å². The van der Waals surface area contributed by atoms with Gasteiger partial charge in [-0.05, 0) is 36.8 Å². The molecule has 0 bridgehead atoms. The molecule has 1 aromatic heterocycles. The largest absolute Gasteiger partial charge is 0.459 e. The molecular formula is C16H14FNO. The maximum Gasteiger partial charge on any atom is 0.134 e. The van der Waals surface area contributed by atoms with Crippen LogP contribution in [0.4, 0.5) is 4.39 Å². The van der Waals surface area contributed by atoms with E-state index in [1.165, 1.54) is 17.7 Å². The third-order valence-electron chi connectivity index (χ3n) is 3.24. The number of furan rings is 1. The molecule has 0 radical (unpaired) electrons. The molecule has 3 rings (SSSR count). The number of hydrogen-bond acceptors (Lipinski definition) is 2. The van der Waals surface area contributed by atoms with Crippen LogP contribution in [0, 0.1) is 12.7 Å². The van der Waals surface area contributed by atoms with Crippen LogP contribution < -0.4 is 5.73 Å². The highest BCUT2D eigenvalue weighted by Crippen LogP contribution is 2.27. The van der Waals surface area contributed by atoms with E-state index in [9.17, 15) is 4.39 Å². The van der Waals surface area contributed by atoms with E-state index in [4.69, 9.17) is 10.2 Å². The molecule has 0 fully saturated rings. The summed E-state index contributed by atoms with van der Waals surface area (Å²) in [5, 5.41) is 0.734. The fraction of sp³-hybridized carbons (Fsp3) is 0.125. The van der Waals surface area contributed by atoms with Crippen LogP contribution in [0.2, 0.25) is 0 Å². The Bertz CT molecular complexity index is 715. The minimum atomic E-state index is -0.337. The van der Waals surface area contributed by atoms with E-state index < -0.39 is 0 Å². The van der Waals surface area contributed by atoms with Gasteiger partial charge in [0.15, 0.2) is 0 Å². The van der Waals surface area contributed by atoms with Crippen LogP contribution in [0.3, 0.4) is 0 Å². The molecule has 96 valence electrons. The van der Waals surface area contributed by atoms with Gasteiger partial charge in [-0.1, -0.05) is 29.8 Å². The maximum absolute atomic E-state index is 13.1. The number of rotatable bonds is 2. The van der Waals surface area contributed by atoms with Crippen molar-refractivity contribution in [1.82, 2.24) is 0 Å². The number of fused-ring (bicyclic) bond motifs is 1. The second-order valence-corrected chi connectivity index (χ2v) is 4.72. The molecule has 2 aromatic carbocycles. The summed E-state index contributed by atoms with van der Waals surface area (Å²) in [7, 11) is 0. The van der Waals surface area contributed by atoms with Crippen LogP contribution in [0.5, 0.6) is 0 Å². The lowest BCUT2D eigenvalue weighted by Crippen LogP contribution is -2.10. The first kappa shape index (κ1) is 11.9. The van der Waals surface area contributed by atoms with E-state index in [1.807, 2.05) is 31.2 Å². The van der Waals surface area contributed by atoms with Gasteiger partial charge in [0.2, 0.25) is 0 Å². The summed E-state index contributed by atoms with van der Waals surface area (Å²) >= 11 is 0. The Kier molecular flexibility index (Phi) is 2.84. The summed E-state index contributed by atoms with van der Waals surface area (Å²) in [4.78, 5) is 0. The predicted octanol–water partition coefficient (Wildman–Crippen LogP) is 3.93. The molecule has 0 saturated carbocycles. The molecule has 1 heterocycles. The number of hydrogen-bond donors (Lipinski definition) is 1. The Morgan fingerprint density at radius 3 is 2.53 bits per heavy atom. The van der Waals surface area contributed by atoms with Crippen LogP contribution in [-0.2, 0) is 0 Å². The Hall–Kier alpha value is -2.13. The first-order valence-corrected chi connectivity index (χ1v) is 6.14. The summed E-state index contributed by atoms with van der Waals surface area (Å²) in [5.74, 6) is 0.369. The lowest BCUT2D eigenvalue weighted by atomic mass is 10.0. The smallest absolute Gasteiger partial charge is 0.134 e. The van der Waals surface area contributed by atoms with Gasteiger partial charge in [0.25, 0.3) is 0 Å². The van der Waals surface area contributed by atoms with Gasteiger partial charge in [-0.2, -0.15) is 0 Å². The van der Waals surface area contributed by atoms with Gasteiger partial charge >= 0.3 is 0 Å².